The Kier molecular flexibility index (Phi) is 5.97. The summed E-state index contributed by atoms with van der Waals surface area (Å²) in [5.74, 6) is 0. The van der Waals surface area contributed by atoms with Crippen LogP contribution in [-0.4, -0.2) is 6.04 Å². The van der Waals surface area contributed by atoms with E-state index in [1.165, 1.54) is 15.4 Å². The van der Waals surface area contributed by atoms with Crippen LogP contribution in [0.2, 0.25) is 5.02 Å². The predicted molar refractivity (Wildman–Crippen MR) is 91.7 cm³/mol. The van der Waals surface area contributed by atoms with Crippen molar-refractivity contribution in [2.24, 2.45) is 5.73 Å². The van der Waals surface area contributed by atoms with Crippen molar-refractivity contribution in [2.45, 2.75) is 35.6 Å². The van der Waals surface area contributed by atoms with Gasteiger partial charge in [0.15, 0.2) is 0 Å². The summed E-state index contributed by atoms with van der Waals surface area (Å²) in [5.41, 5.74) is 7.34. The molecule has 20 heavy (non-hydrogen) atoms. The van der Waals surface area contributed by atoms with Crippen molar-refractivity contribution in [1.29, 1.82) is 0 Å². The number of nitrogens with two attached hydrogens (primary N) is 1. The first-order valence-electron chi connectivity index (χ1n) is 6.56. The minimum Gasteiger partial charge on any atom is -0.327 e. The Bertz CT molecular complexity index is 571. The quantitative estimate of drug-likeness (QED) is 0.748. The fourth-order valence-electron chi connectivity index (χ4n) is 1.85. The highest BCUT2D eigenvalue weighted by atomic mass is 79.9. The second kappa shape index (κ2) is 7.51. The first kappa shape index (κ1) is 15.9. The van der Waals surface area contributed by atoms with Gasteiger partial charge < -0.3 is 5.73 Å². The summed E-state index contributed by atoms with van der Waals surface area (Å²) in [4.78, 5) is 2.38. The van der Waals surface area contributed by atoms with E-state index >= 15 is 0 Å². The molecule has 106 valence electrons. The van der Waals surface area contributed by atoms with Gasteiger partial charge >= 0.3 is 0 Å². The monoisotopic (exact) mass is 369 g/mol. The molecule has 0 spiro atoms. The summed E-state index contributed by atoms with van der Waals surface area (Å²) in [6.45, 7) is 2.11. The van der Waals surface area contributed by atoms with E-state index in [0.717, 1.165) is 22.3 Å². The standard InChI is InChI=1S/C16H17BrClNS/c1-2-14(19)9-11-3-6-13(18)10-16(11)20-15-7-4-12(17)5-8-15/h3-8,10,14H,2,9,19H2,1H3. The minimum absolute atomic E-state index is 0.195. The van der Waals surface area contributed by atoms with Gasteiger partial charge in [-0.25, -0.2) is 0 Å². The van der Waals surface area contributed by atoms with E-state index in [9.17, 15) is 0 Å². The Hall–Kier alpha value is -0.480. The summed E-state index contributed by atoms with van der Waals surface area (Å²) in [6, 6.07) is 14.5. The van der Waals surface area contributed by atoms with E-state index in [2.05, 4.69) is 41.1 Å². The summed E-state index contributed by atoms with van der Waals surface area (Å²) >= 11 is 11.3. The molecule has 0 bridgehead atoms. The maximum Gasteiger partial charge on any atom is 0.0417 e. The third-order valence-corrected chi connectivity index (χ3v) is 4.95. The second-order valence-corrected chi connectivity index (χ2v) is 7.15. The van der Waals surface area contributed by atoms with Crippen LogP contribution < -0.4 is 5.73 Å². The SMILES string of the molecule is CCC(N)Cc1ccc(Cl)cc1Sc1ccc(Br)cc1. The van der Waals surface area contributed by atoms with E-state index in [1.54, 1.807) is 11.8 Å². The van der Waals surface area contributed by atoms with Gasteiger partial charge in [0.05, 0.1) is 0 Å². The molecule has 0 radical (unpaired) electrons. The molecule has 0 aliphatic carbocycles. The van der Waals surface area contributed by atoms with Gasteiger partial charge in [-0.3, -0.25) is 0 Å². The fraction of sp³-hybridized carbons (Fsp3) is 0.250. The van der Waals surface area contributed by atoms with Gasteiger partial charge in [0.1, 0.15) is 0 Å². The van der Waals surface area contributed by atoms with Gasteiger partial charge in [0, 0.05) is 25.3 Å². The zero-order chi connectivity index (χ0) is 14.5. The van der Waals surface area contributed by atoms with E-state index < -0.39 is 0 Å². The number of hydrogen-bond donors (Lipinski definition) is 1. The Labute approximate surface area is 138 Å². The average Bonchev–Trinajstić information content (AvgIpc) is 2.44. The third kappa shape index (κ3) is 4.52. The molecule has 0 fully saturated rings. The summed E-state index contributed by atoms with van der Waals surface area (Å²) in [6.07, 6.45) is 1.86. The molecule has 0 saturated carbocycles. The molecule has 1 unspecified atom stereocenters. The topological polar surface area (TPSA) is 26.0 Å². The fourth-order valence-corrected chi connectivity index (χ4v) is 3.34. The average molecular weight is 371 g/mol. The van der Waals surface area contributed by atoms with Crippen LogP contribution in [0.1, 0.15) is 18.9 Å². The molecule has 2 rings (SSSR count). The third-order valence-electron chi connectivity index (χ3n) is 3.08. The van der Waals surface area contributed by atoms with E-state index in [0.29, 0.717) is 0 Å². The van der Waals surface area contributed by atoms with E-state index in [1.807, 2.05) is 24.3 Å². The zero-order valence-corrected chi connectivity index (χ0v) is 14.4. The molecule has 0 amide bonds. The zero-order valence-electron chi connectivity index (χ0n) is 11.3. The lowest BCUT2D eigenvalue weighted by atomic mass is 10.1. The van der Waals surface area contributed by atoms with Gasteiger partial charge in [-0.15, -0.1) is 0 Å². The number of rotatable bonds is 5. The summed E-state index contributed by atoms with van der Waals surface area (Å²) in [5, 5.41) is 0.762. The first-order valence-corrected chi connectivity index (χ1v) is 8.54. The Balaban J connectivity index is 2.24. The van der Waals surface area contributed by atoms with Crippen molar-refractivity contribution in [3.8, 4) is 0 Å². The molecule has 2 aromatic carbocycles. The lowest BCUT2D eigenvalue weighted by Gasteiger charge is -2.13. The van der Waals surface area contributed by atoms with Crippen LogP contribution in [0.15, 0.2) is 56.7 Å². The highest BCUT2D eigenvalue weighted by molar-refractivity contribution is 9.10. The molecule has 1 atom stereocenters. The van der Waals surface area contributed by atoms with Crippen LogP contribution in [0.4, 0.5) is 0 Å². The van der Waals surface area contributed by atoms with E-state index in [-0.39, 0.29) is 6.04 Å². The number of benzene rings is 2. The van der Waals surface area contributed by atoms with Crippen LogP contribution in [0.25, 0.3) is 0 Å². The van der Waals surface area contributed by atoms with Crippen LogP contribution >= 0.6 is 39.3 Å². The molecule has 4 heteroatoms. The minimum atomic E-state index is 0.195. The Morgan fingerprint density at radius 1 is 1.20 bits per heavy atom. The summed E-state index contributed by atoms with van der Waals surface area (Å²) < 4.78 is 1.08. The van der Waals surface area contributed by atoms with Crippen molar-refractivity contribution in [1.82, 2.24) is 0 Å². The van der Waals surface area contributed by atoms with Gasteiger partial charge in [-0.2, -0.15) is 0 Å². The molecular formula is C16H17BrClNS. The van der Waals surface area contributed by atoms with Crippen molar-refractivity contribution in [3.63, 3.8) is 0 Å². The highest BCUT2D eigenvalue weighted by Gasteiger charge is 2.09. The number of hydrogen-bond acceptors (Lipinski definition) is 2. The van der Waals surface area contributed by atoms with Crippen LogP contribution in [0, 0.1) is 0 Å². The van der Waals surface area contributed by atoms with Crippen LogP contribution in [-0.2, 0) is 6.42 Å². The molecule has 2 N–H and O–H groups in total. The lowest BCUT2D eigenvalue weighted by Crippen LogP contribution is -2.21. The molecule has 2 aromatic rings. The lowest BCUT2D eigenvalue weighted by molar-refractivity contribution is 0.641. The molecule has 1 nitrogen and oxygen atoms in total. The number of halogens is 2. The molecule has 0 saturated heterocycles. The largest absolute Gasteiger partial charge is 0.327 e. The van der Waals surface area contributed by atoms with Crippen molar-refractivity contribution < 1.29 is 0 Å². The maximum absolute atomic E-state index is 6.13. The van der Waals surface area contributed by atoms with Crippen molar-refractivity contribution >= 4 is 39.3 Å². The molecular weight excluding hydrogens is 354 g/mol. The van der Waals surface area contributed by atoms with Crippen LogP contribution in [0.3, 0.4) is 0 Å². The van der Waals surface area contributed by atoms with Gasteiger partial charge in [0.25, 0.3) is 0 Å². The Morgan fingerprint density at radius 3 is 2.55 bits per heavy atom. The predicted octanol–water partition coefficient (Wildman–Crippen LogP) is 5.53. The van der Waals surface area contributed by atoms with E-state index in [4.69, 9.17) is 17.3 Å². The first-order chi connectivity index (χ1) is 9.58. The smallest absolute Gasteiger partial charge is 0.0417 e. The molecule has 0 heterocycles. The molecule has 0 aromatic heterocycles. The van der Waals surface area contributed by atoms with Gasteiger partial charge in [-0.1, -0.05) is 52.3 Å². The van der Waals surface area contributed by atoms with Crippen molar-refractivity contribution in [2.75, 3.05) is 0 Å². The van der Waals surface area contributed by atoms with Gasteiger partial charge in [-0.05, 0) is 54.8 Å². The molecule has 0 aliphatic heterocycles. The van der Waals surface area contributed by atoms with Gasteiger partial charge in [0.2, 0.25) is 0 Å². The van der Waals surface area contributed by atoms with Crippen molar-refractivity contribution in [3.05, 3.63) is 57.5 Å². The normalized spacial score (nSPS) is 12.4. The highest BCUT2D eigenvalue weighted by Crippen LogP contribution is 2.33. The van der Waals surface area contributed by atoms with Crippen LogP contribution in [0.5, 0.6) is 0 Å². The second-order valence-electron chi connectivity index (χ2n) is 4.68. The Morgan fingerprint density at radius 2 is 1.90 bits per heavy atom. The summed E-state index contributed by atoms with van der Waals surface area (Å²) in [7, 11) is 0. The maximum atomic E-state index is 6.13. The molecule has 0 aliphatic rings.